The molecule has 1 aliphatic rings. The van der Waals surface area contributed by atoms with Crippen LogP contribution in [0.25, 0.3) is 0 Å². The summed E-state index contributed by atoms with van der Waals surface area (Å²) in [4.78, 5) is 13.8. The average Bonchev–Trinajstić information content (AvgIpc) is 2.65. The normalized spacial score (nSPS) is 13.8. The molecule has 2 aromatic carbocycles. The Morgan fingerprint density at radius 2 is 1.74 bits per heavy atom. The predicted octanol–water partition coefficient (Wildman–Crippen LogP) is 3.80. The molecule has 19 heavy (non-hydrogen) atoms. The third-order valence-corrected chi connectivity index (χ3v) is 3.66. The van der Waals surface area contributed by atoms with Crippen molar-refractivity contribution < 1.29 is 4.79 Å². The Bertz CT molecular complexity index is 662. The second kappa shape index (κ2) is 4.44. The van der Waals surface area contributed by atoms with Crippen LogP contribution in [0.5, 0.6) is 0 Å². The van der Waals surface area contributed by atoms with Gasteiger partial charge < -0.3 is 5.73 Å². The van der Waals surface area contributed by atoms with Crippen LogP contribution in [0, 0.1) is 0 Å². The van der Waals surface area contributed by atoms with E-state index < -0.39 is 0 Å². The molecule has 0 saturated carbocycles. The van der Waals surface area contributed by atoms with E-state index in [0.717, 1.165) is 11.3 Å². The van der Waals surface area contributed by atoms with Gasteiger partial charge in [0, 0.05) is 5.69 Å². The van der Waals surface area contributed by atoms with Crippen molar-refractivity contribution in [3.8, 4) is 0 Å². The van der Waals surface area contributed by atoms with E-state index in [0.29, 0.717) is 27.8 Å². The number of para-hydroxylation sites is 1. The molecule has 0 bridgehead atoms. The molecule has 1 heterocycles. The summed E-state index contributed by atoms with van der Waals surface area (Å²) in [6, 6.07) is 10.8. The molecule has 2 aromatic rings. The number of nitrogens with zero attached hydrogens (tertiary/aromatic N) is 1. The summed E-state index contributed by atoms with van der Waals surface area (Å²) in [6.45, 7) is 0. The number of hydrogen-bond acceptors (Lipinski definition) is 2. The zero-order chi connectivity index (χ0) is 13.6. The molecule has 0 aromatic heterocycles. The molecule has 0 aliphatic carbocycles. The first-order valence-electron chi connectivity index (χ1n) is 5.73. The molecule has 3 nitrogen and oxygen atoms in total. The Hall–Kier alpha value is -1.71. The van der Waals surface area contributed by atoms with Crippen molar-refractivity contribution in [2.24, 2.45) is 0 Å². The van der Waals surface area contributed by atoms with E-state index in [-0.39, 0.29) is 5.91 Å². The van der Waals surface area contributed by atoms with Gasteiger partial charge >= 0.3 is 0 Å². The van der Waals surface area contributed by atoms with Gasteiger partial charge in [-0.1, -0.05) is 41.4 Å². The van der Waals surface area contributed by atoms with Gasteiger partial charge in [0.05, 0.1) is 27.8 Å². The number of halogens is 2. The fraction of sp³-hybridized carbons (Fsp3) is 0.0714. The van der Waals surface area contributed by atoms with Crippen LogP contribution in [-0.2, 0) is 11.2 Å². The topological polar surface area (TPSA) is 46.3 Å². The quantitative estimate of drug-likeness (QED) is 0.813. The average molecular weight is 293 g/mol. The highest BCUT2D eigenvalue weighted by Crippen LogP contribution is 2.43. The third-order valence-electron chi connectivity index (χ3n) is 3.09. The summed E-state index contributed by atoms with van der Waals surface area (Å²) in [5.74, 6) is -0.0465. The first kappa shape index (κ1) is 12.3. The predicted molar refractivity (Wildman–Crippen MR) is 78.2 cm³/mol. The molecular formula is C14H10Cl2N2O. The van der Waals surface area contributed by atoms with Crippen molar-refractivity contribution in [2.45, 2.75) is 6.42 Å². The highest BCUT2D eigenvalue weighted by Gasteiger charge is 2.31. The van der Waals surface area contributed by atoms with E-state index in [2.05, 4.69) is 0 Å². The maximum atomic E-state index is 12.2. The molecule has 3 rings (SSSR count). The molecule has 2 N–H and O–H groups in total. The molecule has 0 radical (unpaired) electrons. The van der Waals surface area contributed by atoms with Crippen molar-refractivity contribution in [3.63, 3.8) is 0 Å². The lowest BCUT2D eigenvalue weighted by Crippen LogP contribution is -2.21. The van der Waals surface area contributed by atoms with E-state index in [9.17, 15) is 4.79 Å². The molecular weight excluding hydrogens is 283 g/mol. The zero-order valence-electron chi connectivity index (χ0n) is 9.86. The summed E-state index contributed by atoms with van der Waals surface area (Å²) in [5.41, 5.74) is 8.44. The summed E-state index contributed by atoms with van der Waals surface area (Å²) in [5, 5.41) is 0.741. The van der Waals surface area contributed by atoms with E-state index >= 15 is 0 Å². The SMILES string of the molecule is Nc1cc(Cl)c(N2C(=O)Cc3ccccc32)c(Cl)c1. The largest absolute Gasteiger partial charge is 0.399 e. The highest BCUT2D eigenvalue weighted by molar-refractivity contribution is 6.41. The van der Waals surface area contributed by atoms with E-state index in [1.165, 1.54) is 0 Å². The summed E-state index contributed by atoms with van der Waals surface area (Å²) in [7, 11) is 0. The molecule has 0 fully saturated rings. The lowest BCUT2D eigenvalue weighted by Gasteiger charge is -2.20. The fourth-order valence-corrected chi connectivity index (χ4v) is 2.97. The first-order chi connectivity index (χ1) is 9.08. The Morgan fingerprint density at radius 1 is 1.11 bits per heavy atom. The van der Waals surface area contributed by atoms with Crippen molar-refractivity contribution in [1.29, 1.82) is 0 Å². The number of benzene rings is 2. The summed E-state index contributed by atoms with van der Waals surface area (Å²) in [6.07, 6.45) is 0.354. The van der Waals surface area contributed by atoms with Crippen LogP contribution in [0.2, 0.25) is 10.0 Å². The fourth-order valence-electron chi connectivity index (χ4n) is 2.30. The Labute approximate surface area is 120 Å². The van der Waals surface area contributed by atoms with Gasteiger partial charge in [-0.15, -0.1) is 0 Å². The van der Waals surface area contributed by atoms with Crippen LogP contribution in [0.4, 0.5) is 17.1 Å². The number of hydrogen-bond donors (Lipinski definition) is 1. The minimum atomic E-state index is -0.0465. The van der Waals surface area contributed by atoms with Gasteiger partial charge in [-0.3, -0.25) is 9.69 Å². The number of carbonyl (C=O) groups excluding carboxylic acids is 1. The molecule has 1 aliphatic heterocycles. The second-order valence-corrected chi connectivity index (χ2v) is 5.18. The van der Waals surface area contributed by atoms with E-state index in [4.69, 9.17) is 28.9 Å². The summed E-state index contributed by atoms with van der Waals surface area (Å²) < 4.78 is 0. The standard InChI is InChI=1S/C14H10Cl2N2O/c15-10-6-9(17)7-11(16)14(10)18-12-4-2-1-3-8(12)5-13(18)19/h1-4,6-7H,5,17H2. The lowest BCUT2D eigenvalue weighted by atomic mass is 10.2. The van der Waals surface area contributed by atoms with Crippen molar-refractivity contribution in [1.82, 2.24) is 0 Å². The van der Waals surface area contributed by atoms with Gasteiger partial charge in [-0.25, -0.2) is 0 Å². The molecule has 0 spiro atoms. The van der Waals surface area contributed by atoms with E-state index in [1.54, 1.807) is 17.0 Å². The molecule has 5 heteroatoms. The Morgan fingerprint density at radius 3 is 2.42 bits per heavy atom. The van der Waals surface area contributed by atoms with Crippen LogP contribution < -0.4 is 10.6 Å². The van der Waals surface area contributed by atoms with Crippen LogP contribution >= 0.6 is 23.2 Å². The number of carbonyl (C=O) groups is 1. The maximum absolute atomic E-state index is 12.2. The smallest absolute Gasteiger partial charge is 0.236 e. The molecule has 96 valence electrons. The number of anilines is 3. The van der Waals surface area contributed by atoms with Crippen LogP contribution in [-0.4, -0.2) is 5.91 Å². The third kappa shape index (κ3) is 1.95. The monoisotopic (exact) mass is 292 g/mol. The number of fused-ring (bicyclic) bond motifs is 1. The van der Waals surface area contributed by atoms with Gasteiger partial charge in [-0.2, -0.15) is 0 Å². The maximum Gasteiger partial charge on any atom is 0.236 e. The lowest BCUT2D eigenvalue weighted by molar-refractivity contribution is -0.116. The molecule has 0 atom stereocenters. The second-order valence-electron chi connectivity index (χ2n) is 4.37. The Kier molecular flexibility index (Phi) is 2.88. The van der Waals surface area contributed by atoms with Crippen LogP contribution in [0.1, 0.15) is 5.56 Å². The minimum Gasteiger partial charge on any atom is -0.399 e. The number of rotatable bonds is 1. The Balaban J connectivity index is 2.21. The van der Waals surface area contributed by atoms with Gasteiger partial charge in [0.15, 0.2) is 0 Å². The first-order valence-corrected chi connectivity index (χ1v) is 6.49. The number of nitrogen functional groups attached to an aromatic ring is 1. The minimum absolute atomic E-state index is 0.0465. The van der Waals surface area contributed by atoms with Crippen molar-refractivity contribution >= 4 is 46.2 Å². The summed E-state index contributed by atoms with van der Waals surface area (Å²) >= 11 is 12.4. The van der Waals surface area contributed by atoms with Gasteiger partial charge in [-0.05, 0) is 23.8 Å². The zero-order valence-corrected chi connectivity index (χ0v) is 11.4. The van der Waals surface area contributed by atoms with Crippen LogP contribution in [0.3, 0.4) is 0 Å². The molecule has 0 unspecified atom stereocenters. The van der Waals surface area contributed by atoms with Gasteiger partial charge in [0.1, 0.15) is 0 Å². The molecule has 0 saturated heterocycles. The number of nitrogens with two attached hydrogens (primary N) is 1. The van der Waals surface area contributed by atoms with Crippen LogP contribution in [0.15, 0.2) is 36.4 Å². The molecule has 1 amide bonds. The highest BCUT2D eigenvalue weighted by atomic mass is 35.5. The van der Waals surface area contributed by atoms with Gasteiger partial charge in [0.2, 0.25) is 5.91 Å². The van der Waals surface area contributed by atoms with Crippen molar-refractivity contribution in [3.05, 3.63) is 52.0 Å². The van der Waals surface area contributed by atoms with E-state index in [1.807, 2.05) is 24.3 Å². The van der Waals surface area contributed by atoms with Crippen molar-refractivity contribution in [2.75, 3.05) is 10.6 Å². The number of amides is 1. The van der Waals surface area contributed by atoms with Gasteiger partial charge in [0.25, 0.3) is 0 Å².